The van der Waals surface area contributed by atoms with E-state index in [1.165, 1.54) is 43.3 Å². The van der Waals surface area contributed by atoms with Crippen LogP contribution >= 0.6 is 11.3 Å². The molecule has 12 heteroatoms. The lowest BCUT2D eigenvalue weighted by atomic mass is 10.2. The number of fused-ring (bicyclic) bond motifs is 2. The number of amides is 2. The molecule has 0 spiro atoms. The van der Waals surface area contributed by atoms with Crippen LogP contribution in [0.1, 0.15) is 17.3 Å². The number of hydrogen-bond donors (Lipinski definition) is 1. The third-order valence-corrected chi connectivity index (χ3v) is 8.56. The molecule has 2 amide bonds. The number of aromatic nitrogens is 1. The maximum atomic E-state index is 12.7. The summed E-state index contributed by atoms with van der Waals surface area (Å²) in [6.45, 7) is 1.31. The van der Waals surface area contributed by atoms with Gasteiger partial charge in [0.2, 0.25) is 5.91 Å². The van der Waals surface area contributed by atoms with E-state index in [1.807, 2.05) is 0 Å². The van der Waals surface area contributed by atoms with Crippen LogP contribution in [0.2, 0.25) is 0 Å². The van der Waals surface area contributed by atoms with E-state index in [0.717, 1.165) is 17.6 Å². The first-order chi connectivity index (χ1) is 14.0. The number of nitrogens with zero attached hydrogens (tertiary/aromatic N) is 2. The summed E-state index contributed by atoms with van der Waals surface area (Å²) in [4.78, 5) is 29.5. The molecule has 2 aromatic carbocycles. The molecule has 156 valence electrons. The summed E-state index contributed by atoms with van der Waals surface area (Å²) >= 11 is 1.04. The van der Waals surface area contributed by atoms with Crippen LogP contribution in [0.5, 0.6) is 0 Å². The van der Waals surface area contributed by atoms with Crippen molar-refractivity contribution in [2.45, 2.75) is 22.8 Å². The van der Waals surface area contributed by atoms with E-state index < -0.39 is 37.7 Å². The summed E-state index contributed by atoms with van der Waals surface area (Å²) in [6, 6.07) is 8.84. The van der Waals surface area contributed by atoms with E-state index in [1.54, 1.807) is 6.07 Å². The fraction of sp³-hybridized carbons (Fsp3) is 0.167. The third-order valence-electron chi connectivity index (χ3n) is 4.60. The van der Waals surface area contributed by atoms with E-state index in [9.17, 15) is 26.4 Å². The summed E-state index contributed by atoms with van der Waals surface area (Å²) < 4.78 is 49.9. The fourth-order valence-corrected chi connectivity index (χ4v) is 6.45. The van der Waals surface area contributed by atoms with Gasteiger partial charge in [-0.2, -0.15) is 0 Å². The summed E-state index contributed by atoms with van der Waals surface area (Å²) in [5, 5.41) is 2.67. The van der Waals surface area contributed by atoms with Gasteiger partial charge in [0, 0.05) is 6.26 Å². The van der Waals surface area contributed by atoms with Crippen molar-refractivity contribution in [2.75, 3.05) is 11.6 Å². The summed E-state index contributed by atoms with van der Waals surface area (Å²) in [7, 11) is -7.54. The lowest BCUT2D eigenvalue weighted by Crippen LogP contribution is -2.45. The van der Waals surface area contributed by atoms with Crippen molar-refractivity contribution in [3.05, 3.63) is 48.0 Å². The lowest BCUT2D eigenvalue weighted by molar-refractivity contribution is -0.118. The predicted molar refractivity (Wildman–Crippen MR) is 111 cm³/mol. The molecule has 0 radical (unpaired) electrons. The molecule has 1 aliphatic rings. The smallest absolute Gasteiger partial charge is 0.269 e. The van der Waals surface area contributed by atoms with Crippen molar-refractivity contribution >= 4 is 58.4 Å². The largest absolute Gasteiger partial charge is 0.300 e. The van der Waals surface area contributed by atoms with Gasteiger partial charge >= 0.3 is 0 Å². The molecule has 2 heterocycles. The van der Waals surface area contributed by atoms with Gasteiger partial charge in [-0.1, -0.05) is 23.5 Å². The number of sulfonamides is 1. The molecule has 0 saturated heterocycles. The van der Waals surface area contributed by atoms with Crippen LogP contribution in [-0.2, 0) is 24.7 Å². The Morgan fingerprint density at radius 3 is 2.57 bits per heavy atom. The monoisotopic (exact) mass is 465 g/mol. The average Bonchev–Trinajstić information content (AvgIpc) is 3.16. The predicted octanol–water partition coefficient (Wildman–Crippen LogP) is 1.87. The third kappa shape index (κ3) is 3.26. The molecular formula is C18H15N3O6S3. The molecule has 0 aliphatic carbocycles. The molecule has 4 rings (SSSR count). The molecule has 0 bridgehead atoms. The Kier molecular flexibility index (Phi) is 4.67. The van der Waals surface area contributed by atoms with Gasteiger partial charge in [0.15, 0.2) is 15.0 Å². The zero-order chi connectivity index (χ0) is 21.8. The van der Waals surface area contributed by atoms with Crippen molar-refractivity contribution in [2.24, 2.45) is 0 Å². The van der Waals surface area contributed by atoms with Crippen LogP contribution in [0.3, 0.4) is 0 Å². The Labute approximate surface area is 176 Å². The maximum absolute atomic E-state index is 12.7. The van der Waals surface area contributed by atoms with Gasteiger partial charge in [0.05, 0.1) is 20.7 Å². The Morgan fingerprint density at radius 1 is 1.20 bits per heavy atom. The first-order valence-corrected chi connectivity index (χ1v) is 12.7. The zero-order valence-electron chi connectivity index (χ0n) is 15.7. The van der Waals surface area contributed by atoms with Crippen LogP contribution in [-0.4, -0.2) is 50.2 Å². The summed E-state index contributed by atoms with van der Waals surface area (Å²) in [5.74, 6) is -1.50. The number of sulfone groups is 1. The van der Waals surface area contributed by atoms with Gasteiger partial charge in [-0.05, 0) is 37.3 Å². The molecular weight excluding hydrogens is 450 g/mol. The van der Waals surface area contributed by atoms with Crippen LogP contribution in [0.4, 0.5) is 5.13 Å². The minimum Gasteiger partial charge on any atom is -0.300 e. The van der Waals surface area contributed by atoms with Gasteiger partial charge < -0.3 is 5.32 Å². The van der Waals surface area contributed by atoms with Gasteiger partial charge in [0.1, 0.15) is 10.9 Å². The van der Waals surface area contributed by atoms with Gasteiger partial charge in [-0.25, -0.2) is 26.1 Å². The second-order valence-corrected chi connectivity index (χ2v) is 11.5. The quantitative estimate of drug-likeness (QED) is 0.622. The van der Waals surface area contributed by atoms with Crippen LogP contribution < -0.4 is 5.32 Å². The van der Waals surface area contributed by atoms with Crippen molar-refractivity contribution in [3.63, 3.8) is 0 Å². The number of carbonyl (C=O) groups is 2. The number of rotatable bonds is 4. The fourth-order valence-electron chi connectivity index (χ4n) is 3.09. The number of thiazole rings is 1. The van der Waals surface area contributed by atoms with Crippen molar-refractivity contribution in [1.82, 2.24) is 9.29 Å². The van der Waals surface area contributed by atoms with Crippen LogP contribution in [0.15, 0.2) is 52.3 Å². The van der Waals surface area contributed by atoms with E-state index >= 15 is 0 Å². The molecule has 1 N–H and O–H groups in total. The number of nitrogens with one attached hydrogen (secondary N) is 1. The van der Waals surface area contributed by atoms with Crippen molar-refractivity contribution in [3.8, 4) is 0 Å². The zero-order valence-corrected chi connectivity index (χ0v) is 18.1. The van der Waals surface area contributed by atoms with Crippen molar-refractivity contribution < 1.29 is 26.4 Å². The lowest BCUT2D eigenvalue weighted by Gasteiger charge is -2.21. The molecule has 1 atom stereocenters. The summed E-state index contributed by atoms with van der Waals surface area (Å²) in [5.41, 5.74) is 0.498. The first-order valence-electron chi connectivity index (χ1n) is 8.59. The second kappa shape index (κ2) is 6.86. The van der Waals surface area contributed by atoms with E-state index in [0.29, 0.717) is 14.5 Å². The Hall–Kier alpha value is -2.83. The number of carbonyl (C=O) groups excluding carboxylic acids is 2. The average molecular weight is 466 g/mol. The van der Waals surface area contributed by atoms with Crippen LogP contribution in [0.25, 0.3) is 10.2 Å². The highest BCUT2D eigenvalue weighted by Crippen LogP contribution is 2.33. The van der Waals surface area contributed by atoms with Gasteiger partial charge in [0.25, 0.3) is 15.9 Å². The maximum Gasteiger partial charge on any atom is 0.269 e. The summed E-state index contributed by atoms with van der Waals surface area (Å²) in [6.07, 6.45) is 1.09. The second-order valence-electron chi connectivity index (χ2n) is 6.69. The van der Waals surface area contributed by atoms with E-state index in [4.69, 9.17) is 0 Å². The Balaban J connectivity index is 1.61. The van der Waals surface area contributed by atoms with E-state index in [2.05, 4.69) is 10.3 Å². The number of anilines is 1. The van der Waals surface area contributed by atoms with Gasteiger partial charge in [-0.3, -0.25) is 9.59 Å². The normalized spacial score (nSPS) is 16.5. The van der Waals surface area contributed by atoms with E-state index in [-0.39, 0.29) is 20.5 Å². The molecule has 1 aliphatic heterocycles. The van der Waals surface area contributed by atoms with Gasteiger partial charge in [-0.15, -0.1) is 0 Å². The minimum atomic E-state index is -4.14. The first kappa shape index (κ1) is 20.4. The molecule has 3 aromatic rings. The molecule has 0 fully saturated rings. The Morgan fingerprint density at radius 2 is 1.90 bits per heavy atom. The Bertz CT molecular complexity index is 1430. The molecule has 1 aromatic heterocycles. The van der Waals surface area contributed by atoms with Crippen molar-refractivity contribution in [1.29, 1.82) is 0 Å². The van der Waals surface area contributed by atoms with Crippen LogP contribution in [0, 0.1) is 0 Å². The standard InChI is InChI=1S/C18H15N3O6S3/c1-10(21-17(23)12-5-3-4-6-15(12)30(21,26)27)16(22)20-18-19-13-8-7-11(29(2,24)25)9-14(13)28-18/h3-10H,1-2H3,(H,19,20,22)/t10-/m0/s1. The minimum absolute atomic E-state index is 0.0189. The highest BCUT2D eigenvalue weighted by Gasteiger charge is 2.45. The highest BCUT2D eigenvalue weighted by atomic mass is 32.2. The molecule has 9 nitrogen and oxygen atoms in total. The highest BCUT2D eigenvalue weighted by molar-refractivity contribution is 7.90. The topological polar surface area (TPSA) is 131 Å². The molecule has 0 unspecified atom stereocenters. The number of hydrogen-bond acceptors (Lipinski definition) is 8. The molecule has 0 saturated carbocycles. The SMILES string of the molecule is C[C@@H](C(=O)Nc1nc2ccc(S(C)(=O)=O)cc2s1)N1C(=O)c2ccccc2S1(=O)=O. The number of benzene rings is 2. The molecule has 30 heavy (non-hydrogen) atoms.